The summed E-state index contributed by atoms with van der Waals surface area (Å²) >= 11 is 0. The van der Waals surface area contributed by atoms with E-state index in [0.717, 1.165) is 5.56 Å². The maximum Gasteiger partial charge on any atom is 0.0765 e. The van der Waals surface area contributed by atoms with Crippen LogP contribution in [0.3, 0.4) is 0 Å². The highest BCUT2D eigenvalue weighted by Crippen LogP contribution is 2.07. The minimum absolute atomic E-state index is 0.0891. The van der Waals surface area contributed by atoms with E-state index in [2.05, 4.69) is 6.58 Å². The van der Waals surface area contributed by atoms with E-state index in [4.69, 9.17) is 4.74 Å². The summed E-state index contributed by atoms with van der Waals surface area (Å²) in [6, 6.07) is 10.00. The highest BCUT2D eigenvalue weighted by molar-refractivity contribution is 5.13. The second-order valence-electron chi connectivity index (χ2n) is 3.70. The van der Waals surface area contributed by atoms with Crippen LogP contribution in [0.2, 0.25) is 0 Å². The van der Waals surface area contributed by atoms with E-state index >= 15 is 0 Å². The molecule has 1 aromatic carbocycles. The van der Waals surface area contributed by atoms with Gasteiger partial charge in [-0.1, -0.05) is 43.3 Å². The van der Waals surface area contributed by atoms with Crippen molar-refractivity contribution < 1.29 is 9.84 Å². The van der Waals surface area contributed by atoms with Gasteiger partial charge in [-0.3, -0.25) is 0 Å². The largest absolute Gasteiger partial charge is 0.389 e. The maximum absolute atomic E-state index is 9.43. The van der Waals surface area contributed by atoms with Gasteiger partial charge in [0.2, 0.25) is 0 Å². The van der Waals surface area contributed by atoms with Gasteiger partial charge in [0.1, 0.15) is 0 Å². The van der Waals surface area contributed by atoms with Crippen LogP contribution in [-0.4, -0.2) is 17.8 Å². The zero-order valence-corrected chi connectivity index (χ0v) is 9.10. The summed E-state index contributed by atoms with van der Waals surface area (Å²) in [5.41, 5.74) is 1.15. The van der Waals surface area contributed by atoms with Crippen molar-refractivity contribution in [2.45, 2.75) is 19.6 Å². The van der Waals surface area contributed by atoms with Gasteiger partial charge in [-0.15, -0.1) is 6.58 Å². The molecule has 0 aliphatic carbocycles. The van der Waals surface area contributed by atoms with Gasteiger partial charge in [-0.05, 0) is 5.56 Å². The molecule has 0 unspecified atom stereocenters. The molecular formula is C13H18O2. The van der Waals surface area contributed by atoms with Crippen LogP contribution >= 0.6 is 0 Å². The maximum atomic E-state index is 9.43. The Morgan fingerprint density at radius 2 is 2.07 bits per heavy atom. The van der Waals surface area contributed by atoms with Gasteiger partial charge in [0.25, 0.3) is 0 Å². The molecule has 15 heavy (non-hydrogen) atoms. The summed E-state index contributed by atoms with van der Waals surface area (Å²) in [5, 5.41) is 9.43. The topological polar surface area (TPSA) is 29.5 Å². The Balaban J connectivity index is 2.25. The molecule has 2 heteroatoms. The molecule has 0 aliphatic heterocycles. The molecule has 0 saturated carbocycles. The van der Waals surface area contributed by atoms with Crippen LogP contribution in [0.5, 0.6) is 0 Å². The smallest absolute Gasteiger partial charge is 0.0765 e. The van der Waals surface area contributed by atoms with Gasteiger partial charge in [0.15, 0.2) is 0 Å². The van der Waals surface area contributed by atoms with E-state index in [1.54, 1.807) is 0 Å². The number of aliphatic hydroxyl groups is 1. The molecule has 82 valence electrons. The van der Waals surface area contributed by atoms with E-state index < -0.39 is 6.10 Å². The Morgan fingerprint density at radius 3 is 2.67 bits per heavy atom. The molecule has 2 nitrogen and oxygen atoms in total. The zero-order valence-electron chi connectivity index (χ0n) is 9.10. The number of hydrogen-bond acceptors (Lipinski definition) is 2. The van der Waals surface area contributed by atoms with E-state index in [9.17, 15) is 5.11 Å². The monoisotopic (exact) mass is 206 g/mol. The van der Waals surface area contributed by atoms with E-state index in [0.29, 0.717) is 13.2 Å². The van der Waals surface area contributed by atoms with Gasteiger partial charge in [0.05, 0.1) is 19.3 Å². The van der Waals surface area contributed by atoms with Crippen LogP contribution in [0.15, 0.2) is 43.0 Å². The molecule has 0 amide bonds. The first-order valence-electron chi connectivity index (χ1n) is 5.16. The fourth-order valence-corrected chi connectivity index (χ4v) is 1.27. The highest BCUT2D eigenvalue weighted by Gasteiger charge is 2.09. The van der Waals surface area contributed by atoms with Gasteiger partial charge in [-0.25, -0.2) is 0 Å². The van der Waals surface area contributed by atoms with Gasteiger partial charge in [0, 0.05) is 5.92 Å². The van der Waals surface area contributed by atoms with Gasteiger partial charge in [-0.2, -0.15) is 0 Å². The van der Waals surface area contributed by atoms with Crippen LogP contribution in [0.1, 0.15) is 12.5 Å². The molecule has 1 rings (SSSR count). The lowest BCUT2D eigenvalue weighted by molar-refractivity contribution is 0.0473. The first-order valence-corrected chi connectivity index (χ1v) is 5.16. The fraction of sp³-hybridized carbons (Fsp3) is 0.385. The molecule has 0 aromatic heterocycles. The Hall–Kier alpha value is -1.12. The third kappa shape index (κ3) is 4.28. The number of hydrogen-bond donors (Lipinski definition) is 1. The Kier molecular flexibility index (Phi) is 5.08. The number of benzene rings is 1. The van der Waals surface area contributed by atoms with E-state index in [-0.39, 0.29) is 5.92 Å². The average Bonchev–Trinajstić information content (AvgIpc) is 2.29. The highest BCUT2D eigenvalue weighted by atomic mass is 16.5. The van der Waals surface area contributed by atoms with E-state index in [1.165, 1.54) is 6.08 Å². The Labute approximate surface area is 91.2 Å². The van der Waals surface area contributed by atoms with Crippen molar-refractivity contribution in [3.05, 3.63) is 48.6 Å². The molecular weight excluding hydrogens is 188 g/mol. The molecule has 0 radical (unpaired) electrons. The normalized spacial score (nSPS) is 14.5. The summed E-state index contributed by atoms with van der Waals surface area (Å²) in [4.78, 5) is 0. The van der Waals surface area contributed by atoms with Crippen molar-refractivity contribution in [3.8, 4) is 0 Å². The average molecular weight is 206 g/mol. The predicted octanol–water partition coefficient (Wildman–Crippen LogP) is 2.39. The summed E-state index contributed by atoms with van der Waals surface area (Å²) in [6.07, 6.45) is 1.05. The van der Waals surface area contributed by atoms with Crippen molar-refractivity contribution in [3.63, 3.8) is 0 Å². The SMILES string of the molecule is C=C[C@H](O)[C@H](C)COCc1ccccc1. The standard InChI is InChI=1S/C13H18O2/c1-3-13(14)11(2)9-15-10-12-7-5-4-6-8-12/h3-8,11,13-14H,1,9-10H2,2H3/t11-,13+/m1/s1. The predicted molar refractivity (Wildman–Crippen MR) is 61.5 cm³/mol. The lowest BCUT2D eigenvalue weighted by Gasteiger charge is -2.15. The summed E-state index contributed by atoms with van der Waals surface area (Å²) in [5.74, 6) is 0.0891. The first-order chi connectivity index (χ1) is 7.24. The number of rotatable bonds is 6. The van der Waals surface area contributed by atoms with Crippen molar-refractivity contribution in [1.29, 1.82) is 0 Å². The molecule has 1 N–H and O–H groups in total. The Morgan fingerprint density at radius 1 is 1.40 bits per heavy atom. The van der Waals surface area contributed by atoms with Crippen molar-refractivity contribution >= 4 is 0 Å². The second kappa shape index (κ2) is 6.38. The molecule has 2 atom stereocenters. The van der Waals surface area contributed by atoms with Crippen LogP contribution in [-0.2, 0) is 11.3 Å². The first kappa shape index (κ1) is 12.0. The van der Waals surface area contributed by atoms with Crippen molar-refractivity contribution in [2.24, 2.45) is 5.92 Å². The summed E-state index contributed by atoms with van der Waals surface area (Å²) in [7, 11) is 0. The lowest BCUT2D eigenvalue weighted by atomic mass is 10.1. The molecule has 0 heterocycles. The molecule has 0 bridgehead atoms. The van der Waals surface area contributed by atoms with Crippen molar-refractivity contribution in [2.75, 3.05) is 6.61 Å². The lowest BCUT2D eigenvalue weighted by Crippen LogP contribution is -2.19. The van der Waals surface area contributed by atoms with Crippen LogP contribution in [0.4, 0.5) is 0 Å². The van der Waals surface area contributed by atoms with Gasteiger partial charge >= 0.3 is 0 Å². The third-order valence-electron chi connectivity index (χ3n) is 2.32. The molecule has 1 aromatic rings. The summed E-state index contributed by atoms with van der Waals surface area (Å²) < 4.78 is 5.50. The minimum atomic E-state index is -0.485. The fourth-order valence-electron chi connectivity index (χ4n) is 1.27. The van der Waals surface area contributed by atoms with Crippen molar-refractivity contribution in [1.82, 2.24) is 0 Å². The van der Waals surface area contributed by atoms with Crippen LogP contribution in [0, 0.1) is 5.92 Å². The molecule has 0 saturated heterocycles. The quantitative estimate of drug-likeness (QED) is 0.724. The van der Waals surface area contributed by atoms with Gasteiger partial charge < -0.3 is 9.84 Å². The van der Waals surface area contributed by atoms with E-state index in [1.807, 2.05) is 37.3 Å². The zero-order chi connectivity index (χ0) is 11.1. The molecule has 0 spiro atoms. The second-order valence-corrected chi connectivity index (χ2v) is 3.70. The summed E-state index contributed by atoms with van der Waals surface area (Å²) in [6.45, 7) is 6.62. The Bertz CT molecular complexity index is 282. The molecule has 0 fully saturated rings. The molecule has 0 aliphatic rings. The third-order valence-corrected chi connectivity index (χ3v) is 2.32. The number of ether oxygens (including phenoxy) is 1. The van der Waals surface area contributed by atoms with Crippen LogP contribution < -0.4 is 0 Å². The minimum Gasteiger partial charge on any atom is -0.389 e. The van der Waals surface area contributed by atoms with Crippen LogP contribution in [0.25, 0.3) is 0 Å². The number of aliphatic hydroxyl groups excluding tert-OH is 1.